The minimum Gasteiger partial charge on any atom is -0.492 e. The van der Waals surface area contributed by atoms with E-state index >= 15 is 4.39 Å². The van der Waals surface area contributed by atoms with Crippen LogP contribution in [0.25, 0.3) is 20.7 Å². The molecule has 0 aliphatic heterocycles. The number of thiophene rings is 1. The molecule has 2 aromatic heterocycles. The number of amides is 2. The van der Waals surface area contributed by atoms with E-state index in [0.29, 0.717) is 22.7 Å². The standard InChI is InChI=1S/C32H27FN4O5S2/c1-37(32(39)40)15-16-41-23-10-7-21(8-11-23)28-19-25-30(44-28)27(13-14-34-25)42-26-12-9-22(18-24(26)33)35-31(43)36-29(38)17-20-5-3-2-4-6-20/h2-14,18-19H,15-17H2,1H3,(H,39,40)(H2,35,36,38,43). The Morgan fingerprint density at radius 2 is 1.80 bits per heavy atom. The fourth-order valence-corrected chi connectivity index (χ4v) is 5.45. The van der Waals surface area contributed by atoms with Crippen LogP contribution in [0.15, 0.2) is 91.1 Å². The lowest BCUT2D eigenvalue weighted by Gasteiger charge is -2.13. The van der Waals surface area contributed by atoms with Crippen molar-refractivity contribution in [3.05, 3.63) is 103 Å². The Labute approximate surface area is 261 Å². The number of carboxylic acid groups (broad SMARTS) is 1. The number of ether oxygens (including phenoxy) is 2. The maximum atomic E-state index is 15.1. The van der Waals surface area contributed by atoms with Crippen molar-refractivity contribution < 1.29 is 28.6 Å². The number of anilines is 1. The van der Waals surface area contributed by atoms with Crippen LogP contribution in [0.5, 0.6) is 17.2 Å². The molecule has 0 radical (unpaired) electrons. The topological polar surface area (TPSA) is 113 Å². The van der Waals surface area contributed by atoms with E-state index in [9.17, 15) is 9.59 Å². The Morgan fingerprint density at radius 1 is 1.02 bits per heavy atom. The van der Waals surface area contributed by atoms with Crippen molar-refractivity contribution in [3.63, 3.8) is 0 Å². The second kappa shape index (κ2) is 13.9. The van der Waals surface area contributed by atoms with Gasteiger partial charge in [0.05, 0.1) is 23.2 Å². The number of pyridine rings is 1. The van der Waals surface area contributed by atoms with Crippen LogP contribution in [0.3, 0.4) is 0 Å². The summed E-state index contributed by atoms with van der Waals surface area (Å²) in [5.41, 5.74) is 2.85. The summed E-state index contributed by atoms with van der Waals surface area (Å²) in [5, 5.41) is 14.4. The van der Waals surface area contributed by atoms with Crippen LogP contribution < -0.4 is 20.1 Å². The number of thiocarbonyl (C=S) groups is 1. The molecule has 2 amide bonds. The summed E-state index contributed by atoms with van der Waals surface area (Å²) < 4.78 is 27.4. The average Bonchev–Trinajstić information content (AvgIpc) is 3.44. The van der Waals surface area contributed by atoms with Gasteiger partial charge in [-0.15, -0.1) is 11.3 Å². The lowest BCUT2D eigenvalue weighted by atomic mass is 10.1. The quantitative estimate of drug-likeness (QED) is 0.142. The van der Waals surface area contributed by atoms with Crippen LogP contribution in [0.4, 0.5) is 14.9 Å². The Bertz CT molecular complexity index is 1800. The molecule has 0 saturated heterocycles. The molecule has 44 heavy (non-hydrogen) atoms. The van der Waals surface area contributed by atoms with Crippen LogP contribution >= 0.6 is 23.6 Å². The lowest BCUT2D eigenvalue weighted by molar-refractivity contribution is -0.119. The fraction of sp³-hybridized carbons (Fsp3) is 0.125. The molecule has 0 aliphatic carbocycles. The molecule has 224 valence electrons. The first-order valence-electron chi connectivity index (χ1n) is 13.4. The highest BCUT2D eigenvalue weighted by Crippen LogP contribution is 2.40. The second-order valence-corrected chi connectivity index (χ2v) is 11.1. The van der Waals surface area contributed by atoms with E-state index in [4.69, 9.17) is 26.8 Å². The van der Waals surface area contributed by atoms with E-state index in [2.05, 4.69) is 15.6 Å². The van der Waals surface area contributed by atoms with Gasteiger partial charge in [-0.05, 0) is 65.8 Å². The fourth-order valence-electron chi connectivity index (χ4n) is 4.14. The Hall–Kier alpha value is -5.07. The number of carbonyl (C=O) groups is 2. The first-order chi connectivity index (χ1) is 21.2. The summed E-state index contributed by atoms with van der Waals surface area (Å²) >= 11 is 6.68. The van der Waals surface area contributed by atoms with Gasteiger partial charge in [0.15, 0.2) is 16.7 Å². The second-order valence-electron chi connectivity index (χ2n) is 9.62. The minimum atomic E-state index is -1.01. The van der Waals surface area contributed by atoms with Crippen LogP contribution in [-0.2, 0) is 11.2 Å². The van der Waals surface area contributed by atoms with Gasteiger partial charge in [-0.2, -0.15) is 0 Å². The number of likely N-dealkylation sites (N-methyl/N-ethyl adjacent to an activating group) is 1. The van der Waals surface area contributed by atoms with Gasteiger partial charge in [0.1, 0.15) is 18.1 Å². The van der Waals surface area contributed by atoms with E-state index in [1.54, 1.807) is 18.3 Å². The molecule has 2 heterocycles. The number of hydrogen-bond acceptors (Lipinski definition) is 7. The number of halogens is 1. The van der Waals surface area contributed by atoms with Gasteiger partial charge in [0.25, 0.3) is 0 Å². The molecule has 0 unspecified atom stereocenters. The number of aromatic nitrogens is 1. The van der Waals surface area contributed by atoms with Crippen molar-refractivity contribution in [2.75, 3.05) is 25.5 Å². The Kier molecular flexibility index (Phi) is 9.62. The largest absolute Gasteiger partial charge is 0.492 e. The number of hydrogen-bond donors (Lipinski definition) is 3. The van der Waals surface area contributed by atoms with Gasteiger partial charge in [-0.1, -0.05) is 30.3 Å². The molecule has 0 aliphatic rings. The smallest absolute Gasteiger partial charge is 0.407 e. The summed E-state index contributed by atoms with van der Waals surface area (Å²) in [6.45, 7) is 0.490. The number of nitrogens with one attached hydrogen (secondary N) is 2. The molecule has 3 aromatic carbocycles. The molecule has 3 N–H and O–H groups in total. The monoisotopic (exact) mass is 630 g/mol. The maximum absolute atomic E-state index is 15.1. The van der Waals surface area contributed by atoms with Crippen LogP contribution in [0.1, 0.15) is 5.56 Å². The zero-order chi connectivity index (χ0) is 31.1. The van der Waals surface area contributed by atoms with E-state index in [1.165, 1.54) is 30.5 Å². The van der Waals surface area contributed by atoms with Gasteiger partial charge in [-0.25, -0.2) is 9.18 Å². The number of carbonyl (C=O) groups excluding carboxylic acids is 1. The van der Waals surface area contributed by atoms with Gasteiger partial charge in [0.2, 0.25) is 5.91 Å². The number of rotatable bonds is 10. The molecule has 5 aromatic rings. The van der Waals surface area contributed by atoms with E-state index in [0.717, 1.165) is 25.6 Å². The minimum absolute atomic E-state index is 0.0204. The van der Waals surface area contributed by atoms with E-state index in [1.807, 2.05) is 60.7 Å². The average molecular weight is 631 g/mol. The molecular formula is C32H27FN4O5S2. The highest BCUT2D eigenvalue weighted by atomic mass is 32.1. The third-order valence-electron chi connectivity index (χ3n) is 6.41. The Balaban J connectivity index is 1.21. The maximum Gasteiger partial charge on any atom is 0.407 e. The zero-order valence-electron chi connectivity index (χ0n) is 23.5. The molecule has 0 saturated carbocycles. The van der Waals surface area contributed by atoms with Gasteiger partial charge in [-0.3, -0.25) is 9.78 Å². The molecule has 9 nitrogen and oxygen atoms in total. The molecule has 5 rings (SSSR count). The van der Waals surface area contributed by atoms with Crippen LogP contribution in [0.2, 0.25) is 0 Å². The van der Waals surface area contributed by atoms with E-state index < -0.39 is 11.9 Å². The summed E-state index contributed by atoms with van der Waals surface area (Å²) in [7, 11) is 1.48. The molecular weight excluding hydrogens is 604 g/mol. The number of benzene rings is 3. The molecule has 0 spiro atoms. The normalized spacial score (nSPS) is 10.7. The summed E-state index contributed by atoms with van der Waals surface area (Å²) in [4.78, 5) is 29.7. The highest BCUT2D eigenvalue weighted by molar-refractivity contribution is 7.80. The summed E-state index contributed by atoms with van der Waals surface area (Å²) in [5.74, 6) is 0.209. The van der Waals surface area contributed by atoms with Crippen molar-refractivity contribution in [2.45, 2.75) is 6.42 Å². The van der Waals surface area contributed by atoms with Crippen LogP contribution in [0, 0.1) is 5.82 Å². The molecule has 0 atom stereocenters. The van der Waals surface area contributed by atoms with E-state index in [-0.39, 0.29) is 36.3 Å². The summed E-state index contributed by atoms with van der Waals surface area (Å²) in [6.07, 6.45) is 0.760. The predicted molar refractivity (Wildman–Crippen MR) is 172 cm³/mol. The highest BCUT2D eigenvalue weighted by Gasteiger charge is 2.14. The van der Waals surface area contributed by atoms with Crippen molar-refractivity contribution in [3.8, 4) is 27.7 Å². The van der Waals surface area contributed by atoms with Crippen LogP contribution in [-0.4, -0.2) is 52.3 Å². The summed E-state index contributed by atoms with van der Waals surface area (Å²) in [6, 6.07) is 24.7. The number of nitrogens with zero attached hydrogens (tertiary/aromatic N) is 2. The zero-order valence-corrected chi connectivity index (χ0v) is 25.1. The number of fused-ring (bicyclic) bond motifs is 1. The Morgan fingerprint density at radius 3 is 2.52 bits per heavy atom. The van der Waals surface area contributed by atoms with Crippen molar-refractivity contribution in [1.29, 1.82) is 0 Å². The predicted octanol–water partition coefficient (Wildman–Crippen LogP) is 6.94. The van der Waals surface area contributed by atoms with Crippen molar-refractivity contribution >= 4 is 56.6 Å². The third kappa shape index (κ3) is 7.85. The van der Waals surface area contributed by atoms with Crippen molar-refractivity contribution in [1.82, 2.24) is 15.2 Å². The first-order valence-corrected chi connectivity index (χ1v) is 14.7. The van der Waals surface area contributed by atoms with Crippen molar-refractivity contribution in [2.24, 2.45) is 0 Å². The molecule has 0 fully saturated rings. The first kappa shape index (κ1) is 30.4. The SMILES string of the molecule is CN(CCOc1ccc(-c2cc3nccc(Oc4ccc(NC(=S)NC(=O)Cc5ccccc5)cc4F)c3s2)cc1)C(=O)O. The van der Waals surface area contributed by atoms with Gasteiger partial charge >= 0.3 is 6.09 Å². The lowest BCUT2D eigenvalue weighted by Crippen LogP contribution is -2.35. The van der Waals surface area contributed by atoms with Gasteiger partial charge < -0.3 is 30.1 Å². The molecule has 0 bridgehead atoms. The third-order valence-corrected chi connectivity index (χ3v) is 7.80. The van der Waals surface area contributed by atoms with Gasteiger partial charge in [0, 0.05) is 35.9 Å². The molecule has 12 heteroatoms.